The zero-order valence-corrected chi connectivity index (χ0v) is 20.5. The van der Waals surface area contributed by atoms with Crippen molar-refractivity contribution in [2.45, 2.75) is 98.0 Å². The standard InChI is InChI=1S/C27H41FO4/c1-16(6-9-25(30)31-5)20-7-8-21-19-15-24(28)23-14-18(32-17(2)29)10-12-27(23,4)22(19)11-13-26(20,21)3/h16,18-22H,6-15H2,1-5H3/t16-,18-,19+,20-,21+,22+,26-,27-/m1/s1. The first-order chi connectivity index (χ1) is 15.1. The van der Waals surface area contributed by atoms with Gasteiger partial charge in [0.25, 0.3) is 0 Å². The topological polar surface area (TPSA) is 52.6 Å². The minimum atomic E-state index is -0.264. The number of fused-ring (bicyclic) bond motifs is 5. The molecule has 3 fully saturated rings. The lowest BCUT2D eigenvalue weighted by Gasteiger charge is -2.58. The van der Waals surface area contributed by atoms with Crippen molar-refractivity contribution in [3.8, 4) is 0 Å². The van der Waals surface area contributed by atoms with Crippen LogP contribution in [-0.2, 0) is 19.1 Å². The molecule has 0 N–H and O–H groups in total. The minimum absolute atomic E-state index is 0.0806. The summed E-state index contributed by atoms with van der Waals surface area (Å²) < 4.78 is 25.9. The van der Waals surface area contributed by atoms with Crippen LogP contribution in [0.4, 0.5) is 4.39 Å². The number of ether oxygens (including phenoxy) is 2. The van der Waals surface area contributed by atoms with Crippen LogP contribution in [0.3, 0.4) is 0 Å². The summed E-state index contributed by atoms with van der Waals surface area (Å²) in [6.45, 7) is 8.48. The molecule has 180 valence electrons. The van der Waals surface area contributed by atoms with Gasteiger partial charge in [-0.3, -0.25) is 9.59 Å². The second kappa shape index (κ2) is 8.76. The summed E-state index contributed by atoms with van der Waals surface area (Å²) in [4.78, 5) is 23.1. The number of hydrogen-bond acceptors (Lipinski definition) is 4. The summed E-state index contributed by atoms with van der Waals surface area (Å²) in [6, 6.07) is 0. The zero-order valence-electron chi connectivity index (χ0n) is 20.5. The van der Waals surface area contributed by atoms with Gasteiger partial charge in [-0.05, 0) is 90.9 Å². The second-order valence-corrected chi connectivity index (χ2v) is 11.7. The summed E-state index contributed by atoms with van der Waals surface area (Å²) in [5.41, 5.74) is 1.08. The van der Waals surface area contributed by atoms with Gasteiger partial charge in [0.05, 0.1) is 7.11 Å². The van der Waals surface area contributed by atoms with Gasteiger partial charge in [-0.2, -0.15) is 0 Å². The van der Waals surface area contributed by atoms with Gasteiger partial charge >= 0.3 is 11.9 Å². The van der Waals surface area contributed by atoms with Crippen LogP contribution in [0, 0.1) is 40.4 Å². The Morgan fingerprint density at radius 1 is 1.09 bits per heavy atom. The average molecular weight is 449 g/mol. The number of carbonyl (C=O) groups excluding carboxylic acids is 2. The summed E-state index contributed by atoms with van der Waals surface area (Å²) in [6.07, 6.45) is 8.81. The van der Waals surface area contributed by atoms with Crippen LogP contribution < -0.4 is 0 Å². The number of hydrogen-bond donors (Lipinski definition) is 0. The van der Waals surface area contributed by atoms with E-state index in [0.717, 1.165) is 31.3 Å². The van der Waals surface area contributed by atoms with E-state index in [4.69, 9.17) is 9.47 Å². The molecule has 8 atom stereocenters. The normalized spacial score (nSPS) is 41.9. The quantitative estimate of drug-likeness (QED) is 0.458. The third kappa shape index (κ3) is 3.92. The van der Waals surface area contributed by atoms with Crippen LogP contribution >= 0.6 is 0 Å². The maximum absolute atomic E-state index is 15.6. The predicted octanol–water partition coefficient (Wildman–Crippen LogP) is 6.38. The smallest absolute Gasteiger partial charge is 0.305 e. The molecule has 0 aromatic rings. The van der Waals surface area contributed by atoms with Crippen molar-refractivity contribution in [2.75, 3.05) is 7.11 Å². The molecule has 0 bridgehead atoms. The second-order valence-electron chi connectivity index (χ2n) is 11.7. The Labute approximate surface area is 192 Å². The Morgan fingerprint density at radius 3 is 2.53 bits per heavy atom. The van der Waals surface area contributed by atoms with E-state index in [1.165, 1.54) is 33.3 Å². The van der Waals surface area contributed by atoms with Crippen LogP contribution in [0.2, 0.25) is 0 Å². The molecule has 4 aliphatic rings. The van der Waals surface area contributed by atoms with Gasteiger partial charge in [-0.15, -0.1) is 0 Å². The molecule has 0 aromatic carbocycles. The maximum atomic E-state index is 15.6. The first-order valence-electron chi connectivity index (χ1n) is 12.7. The van der Waals surface area contributed by atoms with Crippen LogP contribution in [0.5, 0.6) is 0 Å². The van der Waals surface area contributed by atoms with Crippen molar-refractivity contribution >= 4 is 11.9 Å². The highest BCUT2D eigenvalue weighted by atomic mass is 19.1. The third-order valence-corrected chi connectivity index (χ3v) is 10.2. The van der Waals surface area contributed by atoms with E-state index in [1.807, 2.05) is 0 Å². The molecule has 0 spiro atoms. The lowest BCUT2D eigenvalue weighted by molar-refractivity contribution is -0.149. The van der Waals surface area contributed by atoms with Crippen molar-refractivity contribution in [1.29, 1.82) is 0 Å². The van der Waals surface area contributed by atoms with Gasteiger partial charge in [0.2, 0.25) is 0 Å². The molecule has 0 saturated heterocycles. The van der Waals surface area contributed by atoms with E-state index in [1.54, 1.807) is 0 Å². The lowest BCUT2D eigenvalue weighted by atomic mass is 9.46. The highest BCUT2D eigenvalue weighted by molar-refractivity contribution is 5.69. The first kappa shape index (κ1) is 23.8. The number of carbonyl (C=O) groups is 2. The van der Waals surface area contributed by atoms with E-state index in [0.29, 0.717) is 48.9 Å². The maximum Gasteiger partial charge on any atom is 0.305 e. The summed E-state index contributed by atoms with van der Waals surface area (Å²) in [7, 11) is 1.46. The molecule has 0 aromatic heterocycles. The molecule has 4 nitrogen and oxygen atoms in total. The Kier molecular flexibility index (Phi) is 6.50. The molecule has 32 heavy (non-hydrogen) atoms. The third-order valence-electron chi connectivity index (χ3n) is 10.2. The van der Waals surface area contributed by atoms with Crippen LogP contribution in [0.15, 0.2) is 11.4 Å². The molecule has 0 unspecified atom stereocenters. The Bertz CT molecular complexity index is 791. The number of rotatable bonds is 5. The molecule has 4 rings (SSSR count). The monoisotopic (exact) mass is 448 g/mol. The molecular formula is C27H41FO4. The Balaban J connectivity index is 1.53. The average Bonchev–Trinajstić information content (AvgIpc) is 3.10. The van der Waals surface area contributed by atoms with Gasteiger partial charge < -0.3 is 9.47 Å². The van der Waals surface area contributed by atoms with E-state index in [9.17, 15) is 9.59 Å². The number of allylic oxidation sites excluding steroid dienone is 1. The number of methoxy groups -OCH3 is 1. The van der Waals surface area contributed by atoms with E-state index in [-0.39, 0.29) is 34.7 Å². The fraction of sp³-hybridized carbons (Fsp3) is 0.852. The largest absolute Gasteiger partial charge is 0.469 e. The fourth-order valence-electron chi connectivity index (χ4n) is 8.66. The van der Waals surface area contributed by atoms with Crippen LogP contribution in [0.25, 0.3) is 0 Å². The summed E-state index contributed by atoms with van der Waals surface area (Å²) >= 11 is 0. The number of halogens is 1. The molecule has 0 heterocycles. The molecule has 3 saturated carbocycles. The lowest BCUT2D eigenvalue weighted by Crippen LogP contribution is -2.51. The molecule has 0 radical (unpaired) electrons. The molecule has 4 aliphatic carbocycles. The van der Waals surface area contributed by atoms with Gasteiger partial charge in [-0.25, -0.2) is 4.39 Å². The predicted molar refractivity (Wildman–Crippen MR) is 121 cm³/mol. The van der Waals surface area contributed by atoms with Gasteiger partial charge in [0.15, 0.2) is 0 Å². The Morgan fingerprint density at radius 2 is 1.84 bits per heavy atom. The highest BCUT2D eigenvalue weighted by Crippen LogP contribution is 2.68. The van der Waals surface area contributed by atoms with E-state index in [2.05, 4.69) is 20.8 Å². The number of esters is 2. The molecular weight excluding hydrogens is 407 g/mol. The molecule has 0 amide bonds. The highest BCUT2D eigenvalue weighted by Gasteiger charge is 2.60. The first-order valence-corrected chi connectivity index (χ1v) is 12.7. The van der Waals surface area contributed by atoms with Gasteiger partial charge in [0.1, 0.15) is 11.9 Å². The van der Waals surface area contributed by atoms with Gasteiger partial charge in [0, 0.05) is 26.2 Å². The van der Waals surface area contributed by atoms with Crippen molar-refractivity contribution in [2.24, 2.45) is 40.4 Å². The summed E-state index contributed by atoms with van der Waals surface area (Å²) in [5, 5.41) is 0. The molecule has 5 heteroatoms. The zero-order chi connectivity index (χ0) is 23.3. The molecule has 0 aliphatic heterocycles. The van der Waals surface area contributed by atoms with Crippen molar-refractivity contribution < 1.29 is 23.5 Å². The van der Waals surface area contributed by atoms with Crippen LogP contribution in [0.1, 0.15) is 91.9 Å². The van der Waals surface area contributed by atoms with Gasteiger partial charge in [-0.1, -0.05) is 20.8 Å². The van der Waals surface area contributed by atoms with E-state index < -0.39 is 0 Å². The van der Waals surface area contributed by atoms with Crippen LogP contribution in [-0.4, -0.2) is 25.2 Å². The fourth-order valence-corrected chi connectivity index (χ4v) is 8.66. The minimum Gasteiger partial charge on any atom is -0.469 e. The van der Waals surface area contributed by atoms with Crippen molar-refractivity contribution in [3.05, 3.63) is 11.4 Å². The van der Waals surface area contributed by atoms with Crippen molar-refractivity contribution in [1.82, 2.24) is 0 Å². The summed E-state index contributed by atoms with van der Waals surface area (Å²) in [5.74, 6) is 2.26. The Hall–Kier alpha value is -1.39. The van der Waals surface area contributed by atoms with E-state index >= 15 is 4.39 Å². The van der Waals surface area contributed by atoms with Crippen molar-refractivity contribution in [3.63, 3.8) is 0 Å². The SMILES string of the molecule is COC(=O)CC[C@@H](C)[C@H]1CC[C@H]2[C@@H]3CC(F)=C4C[C@H](OC(C)=O)CC[C@]4(C)[C@H]3CC[C@]12C.